The molecule has 0 heterocycles. The predicted octanol–water partition coefficient (Wildman–Crippen LogP) is -3.92. The summed E-state index contributed by atoms with van der Waals surface area (Å²) in [5.41, 5.74) is 0. The molecular formula is H3NaOSeTi. The van der Waals surface area contributed by atoms with Gasteiger partial charge in [0.15, 0.2) is 0 Å². The molecule has 0 radical (unpaired) electrons. The minimum absolute atomic E-state index is 0. The van der Waals surface area contributed by atoms with Crippen LogP contribution in [0.15, 0.2) is 0 Å². The molecule has 0 aromatic rings. The zero-order valence-electron chi connectivity index (χ0n) is 3.41. The van der Waals surface area contributed by atoms with Gasteiger partial charge in [0.05, 0.1) is 0 Å². The van der Waals surface area contributed by atoms with Crippen molar-refractivity contribution in [2.24, 2.45) is 0 Å². The average molecular weight is 169 g/mol. The molecule has 0 fully saturated rings. The van der Waals surface area contributed by atoms with Gasteiger partial charge in [0.2, 0.25) is 0 Å². The first kappa shape index (κ1) is 16.6. The second-order valence-corrected chi connectivity index (χ2v) is 0. The first-order chi connectivity index (χ1) is 1.00. The van der Waals surface area contributed by atoms with Crippen molar-refractivity contribution in [1.29, 1.82) is 0 Å². The summed E-state index contributed by atoms with van der Waals surface area (Å²) in [7, 11) is 0. The van der Waals surface area contributed by atoms with Crippen molar-refractivity contribution in [3.05, 3.63) is 0 Å². The third kappa shape index (κ3) is 8.98. The minimum atomic E-state index is 0. The zero-order chi connectivity index (χ0) is 2.00. The van der Waals surface area contributed by atoms with E-state index in [0.717, 1.165) is 20.4 Å². The molecule has 0 amide bonds. The van der Waals surface area contributed by atoms with E-state index in [-0.39, 0.29) is 48.1 Å². The second-order valence-electron chi connectivity index (χ2n) is 0. The van der Waals surface area contributed by atoms with Crippen LogP contribution in [-0.2, 0) is 23.7 Å². The van der Waals surface area contributed by atoms with Gasteiger partial charge in [-0.15, -0.1) is 0 Å². The average Bonchev–Trinajstić information content (AvgIpc) is 1.00. The van der Waals surface area contributed by atoms with Gasteiger partial charge in [-0.2, -0.15) is 0 Å². The Balaban J connectivity index is -0.00000000167. The standard InChI is InChI=1S/Na.O.H2Se.Ti.H/h;;1H2;;/q+1;;;;-1. The molecule has 0 aromatic heterocycles. The Morgan fingerprint density at radius 3 is 1.50 bits per heavy atom. The first-order valence-electron chi connectivity index (χ1n) is 0.204. The molecule has 0 N–H and O–H groups in total. The molecule has 0 aliphatic carbocycles. The maximum absolute atomic E-state index is 8.25. The van der Waals surface area contributed by atoms with E-state index < -0.39 is 0 Å². The summed E-state index contributed by atoms with van der Waals surface area (Å²) in [5.74, 6) is 0. The SMILES string of the molecule is [H-].[Na+].[O]=[Ti].[SeH2]. The topological polar surface area (TPSA) is 17.1 Å². The van der Waals surface area contributed by atoms with Gasteiger partial charge in [-0.3, -0.25) is 0 Å². The van der Waals surface area contributed by atoms with E-state index in [1.807, 2.05) is 0 Å². The summed E-state index contributed by atoms with van der Waals surface area (Å²) in [6.45, 7) is 0. The van der Waals surface area contributed by atoms with E-state index in [4.69, 9.17) is 3.32 Å². The van der Waals surface area contributed by atoms with E-state index in [0.29, 0.717) is 0 Å². The van der Waals surface area contributed by atoms with Gasteiger partial charge in [0.25, 0.3) is 0 Å². The molecule has 0 atom stereocenters. The van der Waals surface area contributed by atoms with Gasteiger partial charge in [-0.25, -0.2) is 0 Å². The monoisotopic (exact) mass is 170 g/mol. The Labute approximate surface area is 70.9 Å². The maximum atomic E-state index is 8.25. The van der Waals surface area contributed by atoms with E-state index in [2.05, 4.69) is 0 Å². The van der Waals surface area contributed by atoms with Crippen molar-refractivity contribution in [2.45, 2.75) is 0 Å². The molecule has 0 spiro atoms. The van der Waals surface area contributed by atoms with Crippen LogP contribution in [0.5, 0.6) is 0 Å². The van der Waals surface area contributed by atoms with Crippen LogP contribution in [0.2, 0.25) is 0 Å². The number of hydrogen-bond donors (Lipinski definition) is 0. The van der Waals surface area contributed by atoms with E-state index in [1.54, 1.807) is 0 Å². The van der Waals surface area contributed by atoms with Gasteiger partial charge in [-0.1, -0.05) is 0 Å². The Bertz CT molecular complexity index is 11.6. The van der Waals surface area contributed by atoms with Crippen LogP contribution < -0.4 is 29.6 Å². The Morgan fingerprint density at radius 1 is 1.50 bits per heavy atom. The third-order valence-electron chi connectivity index (χ3n) is 0. The molecule has 0 aromatic carbocycles. The molecule has 0 saturated carbocycles. The fourth-order valence-electron chi connectivity index (χ4n) is 0. The molecule has 4 heteroatoms. The Morgan fingerprint density at radius 2 is 1.50 bits per heavy atom. The second kappa shape index (κ2) is 19.8. The van der Waals surface area contributed by atoms with Gasteiger partial charge in [-0.05, 0) is 0 Å². The molecule has 0 bridgehead atoms. The van der Waals surface area contributed by atoms with Crippen LogP contribution in [0, 0.1) is 0 Å². The third-order valence-corrected chi connectivity index (χ3v) is 0. The van der Waals surface area contributed by atoms with Crippen molar-refractivity contribution in [1.82, 2.24) is 0 Å². The molecule has 0 saturated heterocycles. The zero-order valence-corrected chi connectivity index (χ0v) is 8.07. The van der Waals surface area contributed by atoms with Crippen LogP contribution >= 0.6 is 0 Å². The first-order valence-corrected chi connectivity index (χ1v) is 0.842. The van der Waals surface area contributed by atoms with Crippen molar-refractivity contribution in [3.8, 4) is 0 Å². The van der Waals surface area contributed by atoms with Crippen LogP contribution in [0.25, 0.3) is 0 Å². The molecule has 0 rings (SSSR count). The summed E-state index contributed by atoms with van der Waals surface area (Å²) in [6.07, 6.45) is 0. The Hall–Kier alpha value is 2.03. The normalized spacial score (nSPS) is 0.750. The molecular weight excluding hydrogens is 166 g/mol. The van der Waals surface area contributed by atoms with Crippen LogP contribution in [0.1, 0.15) is 1.43 Å². The quantitative estimate of drug-likeness (QED) is 0.338. The van der Waals surface area contributed by atoms with Crippen molar-refractivity contribution in [3.63, 3.8) is 0 Å². The van der Waals surface area contributed by atoms with Crippen LogP contribution in [0.4, 0.5) is 0 Å². The Kier molecular flexibility index (Phi) is 82.2. The fourth-order valence-corrected chi connectivity index (χ4v) is 0. The van der Waals surface area contributed by atoms with Crippen LogP contribution in [0.3, 0.4) is 0 Å². The molecule has 1 nitrogen and oxygen atoms in total. The van der Waals surface area contributed by atoms with Gasteiger partial charge < -0.3 is 1.43 Å². The molecule has 0 unspecified atom stereocenters. The molecule has 20 valence electrons. The molecule has 0 aliphatic rings. The number of rotatable bonds is 0. The van der Waals surface area contributed by atoms with E-state index >= 15 is 0 Å². The summed E-state index contributed by atoms with van der Waals surface area (Å²) < 4.78 is 8.25. The van der Waals surface area contributed by atoms with Crippen molar-refractivity contribution < 1.29 is 54.7 Å². The summed E-state index contributed by atoms with van der Waals surface area (Å²) in [6, 6.07) is 0. The van der Waals surface area contributed by atoms with Gasteiger partial charge in [0, 0.05) is 0 Å². The van der Waals surface area contributed by atoms with Gasteiger partial charge in [0.1, 0.15) is 0 Å². The van der Waals surface area contributed by atoms with Crippen molar-refractivity contribution in [2.75, 3.05) is 0 Å². The molecule has 4 heavy (non-hydrogen) atoms. The molecule has 0 aliphatic heterocycles. The van der Waals surface area contributed by atoms with E-state index in [1.165, 1.54) is 0 Å². The van der Waals surface area contributed by atoms with Crippen LogP contribution in [-0.4, -0.2) is 17.1 Å². The van der Waals surface area contributed by atoms with Crippen molar-refractivity contribution >= 4 is 17.1 Å². The summed E-state index contributed by atoms with van der Waals surface area (Å²) >= 11 is 0.750. The van der Waals surface area contributed by atoms with E-state index in [9.17, 15) is 0 Å². The fraction of sp³-hybridized carbons (Fsp3) is 0. The predicted molar refractivity (Wildman–Crippen MR) is 10.3 cm³/mol. The van der Waals surface area contributed by atoms with Gasteiger partial charge >= 0.3 is 70.4 Å². The number of hydrogen-bond acceptors (Lipinski definition) is 1. The summed E-state index contributed by atoms with van der Waals surface area (Å²) in [4.78, 5) is 0. The summed E-state index contributed by atoms with van der Waals surface area (Å²) in [5, 5.41) is 0.